The standard InChI is InChI=1S/C26H28N4O3S/c31-26-30(11-14-33-26)22-4-1-19(2-5-22)15-24-17-27-25(34-24)29-8-7-20-3-6-23(16-21(20)18-29)28-9-12-32-13-10-28/h1-6,16-17H,7-15,18H2. The minimum atomic E-state index is -0.264. The van der Waals surface area contributed by atoms with Gasteiger partial charge in [0, 0.05) is 55.0 Å². The zero-order chi connectivity index (χ0) is 22.9. The van der Waals surface area contributed by atoms with Gasteiger partial charge in [0.05, 0.1) is 19.8 Å². The second-order valence-electron chi connectivity index (χ2n) is 8.94. The van der Waals surface area contributed by atoms with Gasteiger partial charge in [-0.05, 0) is 47.4 Å². The largest absolute Gasteiger partial charge is 0.447 e. The summed E-state index contributed by atoms with van der Waals surface area (Å²) in [5, 5.41) is 1.09. The summed E-state index contributed by atoms with van der Waals surface area (Å²) < 4.78 is 10.5. The lowest BCUT2D eigenvalue weighted by atomic mass is 9.99. The number of nitrogens with zero attached hydrogens (tertiary/aromatic N) is 4. The Hall–Kier alpha value is -3.10. The molecule has 7 nitrogen and oxygen atoms in total. The van der Waals surface area contributed by atoms with Crippen molar-refractivity contribution < 1.29 is 14.3 Å². The molecule has 3 aliphatic rings. The van der Waals surface area contributed by atoms with Crippen LogP contribution in [-0.4, -0.2) is 57.1 Å². The van der Waals surface area contributed by atoms with Crippen LogP contribution in [0.3, 0.4) is 0 Å². The second-order valence-corrected chi connectivity index (χ2v) is 10.0. The summed E-state index contributed by atoms with van der Waals surface area (Å²) in [6.45, 7) is 6.50. The molecule has 0 aliphatic carbocycles. The Kier molecular flexibility index (Phi) is 5.84. The molecule has 0 N–H and O–H groups in total. The summed E-state index contributed by atoms with van der Waals surface area (Å²) >= 11 is 1.77. The van der Waals surface area contributed by atoms with Crippen molar-refractivity contribution in [2.45, 2.75) is 19.4 Å². The van der Waals surface area contributed by atoms with Crippen molar-refractivity contribution in [1.29, 1.82) is 0 Å². The third-order valence-corrected chi connectivity index (χ3v) is 7.84. The average molecular weight is 477 g/mol. The maximum Gasteiger partial charge on any atom is 0.414 e. The second kappa shape index (κ2) is 9.27. The van der Waals surface area contributed by atoms with Gasteiger partial charge in [0.1, 0.15) is 6.61 Å². The maximum absolute atomic E-state index is 11.8. The molecule has 2 fully saturated rings. The predicted octanol–water partition coefficient (Wildman–Crippen LogP) is 4.09. The summed E-state index contributed by atoms with van der Waals surface area (Å²) in [7, 11) is 0. The molecule has 3 aromatic rings. The van der Waals surface area contributed by atoms with Crippen LogP contribution in [0.25, 0.3) is 0 Å². The number of anilines is 3. The van der Waals surface area contributed by atoms with Crippen molar-refractivity contribution in [1.82, 2.24) is 4.98 Å². The number of carbonyl (C=O) groups excluding carboxylic acids is 1. The van der Waals surface area contributed by atoms with Crippen LogP contribution in [0.4, 0.5) is 21.3 Å². The van der Waals surface area contributed by atoms with E-state index in [9.17, 15) is 4.79 Å². The van der Waals surface area contributed by atoms with Gasteiger partial charge in [-0.3, -0.25) is 4.90 Å². The Morgan fingerprint density at radius 2 is 1.71 bits per heavy atom. The first-order valence-corrected chi connectivity index (χ1v) is 12.7. The van der Waals surface area contributed by atoms with E-state index in [1.165, 1.54) is 27.3 Å². The summed E-state index contributed by atoms with van der Waals surface area (Å²) in [6.07, 6.45) is 3.63. The topological polar surface area (TPSA) is 58.1 Å². The van der Waals surface area contributed by atoms with Gasteiger partial charge >= 0.3 is 6.09 Å². The zero-order valence-electron chi connectivity index (χ0n) is 19.1. The SMILES string of the molecule is O=C1OCCN1c1ccc(Cc2cnc(N3CCc4ccc(N5CCOCC5)cc4C3)s2)cc1. The molecule has 3 aliphatic heterocycles. The number of benzene rings is 2. The minimum Gasteiger partial charge on any atom is -0.447 e. The fourth-order valence-corrected chi connectivity index (χ4v) is 5.84. The summed E-state index contributed by atoms with van der Waals surface area (Å²) in [6, 6.07) is 15.1. The monoisotopic (exact) mass is 476 g/mol. The number of amides is 1. The third kappa shape index (κ3) is 4.35. The Balaban J connectivity index is 1.12. The highest BCUT2D eigenvalue weighted by Crippen LogP contribution is 2.31. The number of cyclic esters (lactones) is 1. The number of hydrogen-bond acceptors (Lipinski definition) is 7. The number of thiazole rings is 1. The third-order valence-electron chi connectivity index (χ3n) is 6.78. The molecular weight excluding hydrogens is 448 g/mol. The number of rotatable bonds is 5. The zero-order valence-corrected chi connectivity index (χ0v) is 19.9. The first kappa shape index (κ1) is 21.4. The van der Waals surface area contributed by atoms with Crippen LogP contribution in [0.1, 0.15) is 21.6 Å². The van der Waals surface area contributed by atoms with Crippen LogP contribution >= 0.6 is 11.3 Å². The molecule has 0 atom stereocenters. The summed E-state index contributed by atoms with van der Waals surface area (Å²) in [4.78, 5) is 24.3. The molecule has 34 heavy (non-hydrogen) atoms. The first-order valence-electron chi connectivity index (χ1n) is 11.9. The molecule has 0 radical (unpaired) electrons. The molecular formula is C26H28N4O3S. The van der Waals surface area contributed by atoms with Crippen molar-refractivity contribution in [2.75, 3.05) is 60.7 Å². The van der Waals surface area contributed by atoms with E-state index in [1.54, 1.807) is 16.2 Å². The smallest absolute Gasteiger partial charge is 0.414 e. The van der Waals surface area contributed by atoms with Crippen LogP contribution < -0.4 is 14.7 Å². The molecule has 6 rings (SSSR count). The normalized spacial score (nSPS) is 18.2. The molecule has 2 aromatic carbocycles. The van der Waals surface area contributed by atoms with Gasteiger partial charge in [0.2, 0.25) is 0 Å². The van der Waals surface area contributed by atoms with Crippen molar-refractivity contribution in [3.63, 3.8) is 0 Å². The van der Waals surface area contributed by atoms with Crippen LogP contribution in [0.15, 0.2) is 48.7 Å². The fraction of sp³-hybridized carbons (Fsp3) is 0.385. The molecule has 0 bridgehead atoms. The summed E-state index contributed by atoms with van der Waals surface area (Å²) in [5.74, 6) is 0. The van der Waals surface area contributed by atoms with Gasteiger partial charge in [0.25, 0.3) is 0 Å². The molecule has 4 heterocycles. The molecule has 0 saturated carbocycles. The van der Waals surface area contributed by atoms with Gasteiger partial charge in [-0.25, -0.2) is 9.78 Å². The van der Waals surface area contributed by atoms with Crippen molar-refractivity contribution in [3.8, 4) is 0 Å². The molecule has 0 spiro atoms. The highest BCUT2D eigenvalue weighted by molar-refractivity contribution is 7.15. The number of ether oxygens (including phenoxy) is 2. The van der Waals surface area contributed by atoms with E-state index in [0.717, 1.165) is 63.1 Å². The number of fused-ring (bicyclic) bond motifs is 1. The molecule has 8 heteroatoms. The Labute approximate surface area is 203 Å². The van der Waals surface area contributed by atoms with Crippen LogP contribution in [0.5, 0.6) is 0 Å². The van der Waals surface area contributed by atoms with Crippen molar-refractivity contribution in [3.05, 3.63) is 70.2 Å². The lowest BCUT2D eigenvalue weighted by molar-refractivity contribution is 0.122. The lowest BCUT2D eigenvalue weighted by Gasteiger charge is -2.32. The van der Waals surface area contributed by atoms with Gasteiger partial charge in [0.15, 0.2) is 5.13 Å². The van der Waals surface area contributed by atoms with E-state index in [0.29, 0.717) is 13.2 Å². The highest BCUT2D eigenvalue weighted by Gasteiger charge is 2.24. The average Bonchev–Trinajstić information content (AvgIpc) is 3.53. The minimum absolute atomic E-state index is 0.264. The van der Waals surface area contributed by atoms with Crippen molar-refractivity contribution >= 4 is 33.9 Å². The Bertz CT molecular complexity index is 1170. The molecule has 0 unspecified atom stereocenters. The van der Waals surface area contributed by atoms with Crippen molar-refractivity contribution in [2.24, 2.45) is 0 Å². The van der Waals surface area contributed by atoms with Gasteiger partial charge in [-0.1, -0.05) is 18.2 Å². The molecule has 1 aromatic heterocycles. The Morgan fingerprint density at radius 3 is 2.50 bits per heavy atom. The lowest BCUT2D eigenvalue weighted by Crippen LogP contribution is -2.36. The molecule has 2 saturated heterocycles. The van der Waals surface area contributed by atoms with E-state index >= 15 is 0 Å². The highest BCUT2D eigenvalue weighted by atomic mass is 32.1. The molecule has 1 amide bonds. The number of aromatic nitrogens is 1. The predicted molar refractivity (Wildman–Crippen MR) is 134 cm³/mol. The maximum atomic E-state index is 11.8. The van der Waals surface area contributed by atoms with E-state index in [4.69, 9.17) is 14.5 Å². The first-order chi connectivity index (χ1) is 16.7. The van der Waals surface area contributed by atoms with Crippen LogP contribution in [-0.2, 0) is 28.9 Å². The van der Waals surface area contributed by atoms with E-state index in [-0.39, 0.29) is 6.09 Å². The molecule has 176 valence electrons. The number of carbonyl (C=O) groups is 1. The van der Waals surface area contributed by atoms with Gasteiger partial charge < -0.3 is 19.3 Å². The fourth-order valence-electron chi connectivity index (χ4n) is 4.87. The van der Waals surface area contributed by atoms with E-state index in [1.807, 2.05) is 18.3 Å². The van der Waals surface area contributed by atoms with E-state index in [2.05, 4.69) is 40.1 Å². The van der Waals surface area contributed by atoms with Crippen LogP contribution in [0.2, 0.25) is 0 Å². The Morgan fingerprint density at radius 1 is 0.882 bits per heavy atom. The summed E-state index contributed by atoms with van der Waals surface area (Å²) in [5.41, 5.74) is 6.26. The van der Waals surface area contributed by atoms with Gasteiger partial charge in [-0.2, -0.15) is 0 Å². The number of hydrogen-bond donors (Lipinski definition) is 0. The van der Waals surface area contributed by atoms with Crippen LogP contribution in [0, 0.1) is 0 Å². The van der Waals surface area contributed by atoms with E-state index < -0.39 is 0 Å². The van der Waals surface area contributed by atoms with Gasteiger partial charge in [-0.15, -0.1) is 11.3 Å². The quantitative estimate of drug-likeness (QED) is 0.553. The number of morpholine rings is 1.